The summed E-state index contributed by atoms with van der Waals surface area (Å²) in [6, 6.07) is 6.78. The van der Waals surface area contributed by atoms with Gasteiger partial charge in [0.2, 0.25) is 0 Å². The summed E-state index contributed by atoms with van der Waals surface area (Å²) < 4.78 is 63.1. The zero-order chi connectivity index (χ0) is 18.1. The topological polar surface area (TPSA) is 186 Å². The van der Waals surface area contributed by atoms with Crippen LogP contribution in [0.2, 0.25) is 0 Å². The molecule has 0 saturated heterocycles. The van der Waals surface area contributed by atoms with Crippen LogP contribution in [-0.2, 0) is 20.2 Å². The smallest absolute Gasteiger partial charge is 0.296 e. The molecule has 2 aromatic rings. The minimum atomic E-state index is -4.82. The molecular weight excluding hydrogens is 360 g/mol. The van der Waals surface area contributed by atoms with Crippen molar-refractivity contribution in [3.05, 3.63) is 36.4 Å². The lowest BCUT2D eigenvalue weighted by Gasteiger charge is -2.05. The quantitative estimate of drug-likeness (QED) is 0.355. The van der Waals surface area contributed by atoms with Crippen LogP contribution in [0.5, 0.6) is 0 Å². The fourth-order valence-electron chi connectivity index (χ4n) is 1.72. The Morgan fingerprint density at radius 1 is 0.792 bits per heavy atom. The number of anilines is 2. The van der Waals surface area contributed by atoms with Gasteiger partial charge in [-0.2, -0.15) is 16.8 Å². The maximum atomic E-state index is 11.4. The van der Waals surface area contributed by atoms with Gasteiger partial charge >= 0.3 is 0 Å². The first-order valence-electron chi connectivity index (χ1n) is 6.14. The predicted octanol–water partition coefficient (Wildman–Crippen LogP) is 1.76. The standard InChI is InChI=1S/C12H12N4O6S2/c13-7-1-3-10(9(14)5-7)15-16-11-4-2-8(23(17,18)19)6-12(11)24(20,21)22/h1-6H,13-14H2,(H,17,18,19)(H,20,21,22). The van der Waals surface area contributed by atoms with Crippen LogP contribution >= 0.6 is 0 Å². The lowest BCUT2D eigenvalue weighted by molar-refractivity contribution is 0.481. The molecule has 0 saturated carbocycles. The van der Waals surface area contributed by atoms with Gasteiger partial charge < -0.3 is 11.5 Å². The van der Waals surface area contributed by atoms with Crippen LogP contribution in [0.4, 0.5) is 22.7 Å². The molecule has 0 atom stereocenters. The molecule has 0 aliphatic rings. The zero-order valence-electron chi connectivity index (χ0n) is 11.9. The minimum absolute atomic E-state index is 0.182. The lowest BCUT2D eigenvalue weighted by Crippen LogP contribution is -2.03. The van der Waals surface area contributed by atoms with E-state index in [1.54, 1.807) is 0 Å². The number of nitrogens with two attached hydrogens (primary N) is 2. The lowest BCUT2D eigenvalue weighted by atomic mass is 10.2. The second-order valence-electron chi connectivity index (χ2n) is 4.60. The van der Waals surface area contributed by atoms with E-state index in [-0.39, 0.29) is 17.1 Å². The van der Waals surface area contributed by atoms with E-state index in [9.17, 15) is 21.4 Å². The molecule has 0 unspecified atom stereocenters. The number of nitrogens with zero attached hydrogens (tertiary/aromatic N) is 2. The molecule has 10 nitrogen and oxygen atoms in total. The molecule has 0 aliphatic heterocycles. The summed E-state index contributed by atoms with van der Waals surface area (Å²) >= 11 is 0. The van der Waals surface area contributed by atoms with E-state index in [4.69, 9.17) is 16.0 Å². The SMILES string of the molecule is Nc1ccc(N=Nc2ccc(S(=O)(=O)O)cc2S(=O)(=O)O)c(N)c1. The Bertz CT molecular complexity index is 1030. The van der Waals surface area contributed by atoms with Gasteiger partial charge in [-0.1, -0.05) is 0 Å². The van der Waals surface area contributed by atoms with Crippen molar-refractivity contribution in [2.45, 2.75) is 9.79 Å². The fraction of sp³-hybridized carbons (Fsp3) is 0. The third-order valence-corrected chi connectivity index (χ3v) is 4.56. The molecular formula is C12H12N4O6S2. The van der Waals surface area contributed by atoms with E-state index in [2.05, 4.69) is 10.2 Å². The Morgan fingerprint density at radius 3 is 1.92 bits per heavy atom. The molecule has 0 bridgehead atoms. The third-order valence-electron chi connectivity index (χ3n) is 2.82. The van der Waals surface area contributed by atoms with Crippen LogP contribution in [0.15, 0.2) is 56.4 Å². The summed E-state index contributed by atoms with van der Waals surface area (Å²) in [5.41, 5.74) is 11.6. The van der Waals surface area contributed by atoms with Crippen molar-refractivity contribution in [2.75, 3.05) is 11.5 Å². The third kappa shape index (κ3) is 4.05. The number of nitrogen functional groups attached to an aromatic ring is 2. The molecule has 0 fully saturated rings. The van der Waals surface area contributed by atoms with Gasteiger partial charge in [0.25, 0.3) is 20.2 Å². The number of benzene rings is 2. The van der Waals surface area contributed by atoms with Crippen molar-refractivity contribution >= 4 is 43.0 Å². The van der Waals surface area contributed by atoms with E-state index in [0.717, 1.165) is 12.1 Å². The molecule has 0 radical (unpaired) electrons. The number of hydrogen-bond acceptors (Lipinski definition) is 8. The van der Waals surface area contributed by atoms with Crippen molar-refractivity contribution in [1.82, 2.24) is 0 Å². The van der Waals surface area contributed by atoms with E-state index in [0.29, 0.717) is 11.8 Å². The van der Waals surface area contributed by atoms with Crippen LogP contribution < -0.4 is 11.5 Å². The van der Waals surface area contributed by atoms with Gasteiger partial charge in [-0.3, -0.25) is 9.11 Å². The molecule has 0 amide bonds. The predicted molar refractivity (Wildman–Crippen MR) is 85.5 cm³/mol. The molecule has 0 aliphatic carbocycles. The first-order chi connectivity index (χ1) is 11.0. The molecule has 2 aromatic carbocycles. The minimum Gasteiger partial charge on any atom is -0.399 e. The largest absolute Gasteiger partial charge is 0.399 e. The summed E-state index contributed by atoms with van der Waals surface area (Å²) in [5, 5.41) is 7.39. The van der Waals surface area contributed by atoms with E-state index < -0.39 is 30.0 Å². The summed E-state index contributed by atoms with van der Waals surface area (Å²) in [6.07, 6.45) is 0. The normalized spacial score (nSPS) is 12.6. The second kappa shape index (κ2) is 6.16. The van der Waals surface area contributed by atoms with Gasteiger partial charge in [-0.25, -0.2) is 0 Å². The summed E-state index contributed by atoms with van der Waals surface area (Å²) in [6.45, 7) is 0. The van der Waals surface area contributed by atoms with E-state index in [1.807, 2.05) is 0 Å². The first kappa shape index (κ1) is 17.8. The van der Waals surface area contributed by atoms with Crippen molar-refractivity contribution in [2.24, 2.45) is 10.2 Å². The molecule has 24 heavy (non-hydrogen) atoms. The van der Waals surface area contributed by atoms with Crippen molar-refractivity contribution in [3.63, 3.8) is 0 Å². The summed E-state index contributed by atoms with van der Waals surface area (Å²) in [5.74, 6) is 0. The monoisotopic (exact) mass is 372 g/mol. The van der Waals surface area contributed by atoms with Gasteiger partial charge in [-0.15, -0.1) is 10.2 Å². The summed E-state index contributed by atoms with van der Waals surface area (Å²) in [4.78, 5) is -1.56. The number of hydrogen-bond donors (Lipinski definition) is 4. The van der Waals surface area contributed by atoms with Crippen LogP contribution in [-0.4, -0.2) is 25.9 Å². The van der Waals surface area contributed by atoms with Gasteiger partial charge in [0.1, 0.15) is 16.3 Å². The molecule has 2 rings (SSSR count). The second-order valence-corrected chi connectivity index (χ2v) is 7.41. The maximum absolute atomic E-state index is 11.4. The van der Waals surface area contributed by atoms with Crippen LogP contribution in [0.25, 0.3) is 0 Å². The van der Waals surface area contributed by atoms with Crippen molar-refractivity contribution in [1.29, 1.82) is 0 Å². The molecule has 6 N–H and O–H groups in total. The van der Waals surface area contributed by atoms with E-state index in [1.165, 1.54) is 18.2 Å². The number of rotatable bonds is 4. The van der Waals surface area contributed by atoms with Crippen LogP contribution in [0, 0.1) is 0 Å². The Hall–Kier alpha value is -2.54. The molecule has 0 heterocycles. The van der Waals surface area contributed by atoms with Gasteiger partial charge in [-0.05, 0) is 36.4 Å². The molecule has 12 heteroatoms. The van der Waals surface area contributed by atoms with Gasteiger partial charge in [0, 0.05) is 5.69 Å². The zero-order valence-corrected chi connectivity index (χ0v) is 13.5. The van der Waals surface area contributed by atoms with Crippen molar-refractivity contribution < 1.29 is 25.9 Å². The highest BCUT2D eigenvalue weighted by Crippen LogP contribution is 2.31. The molecule has 0 spiro atoms. The highest BCUT2D eigenvalue weighted by molar-refractivity contribution is 7.86. The van der Waals surface area contributed by atoms with Gasteiger partial charge in [0.05, 0.1) is 10.6 Å². The van der Waals surface area contributed by atoms with Crippen molar-refractivity contribution in [3.8, 4) is 0 Å². The average molecular weight is 372 g/mol. The highest BCUT2D eigenvalue weighted by atomic mass is 32.2. The van der Waals surface area contributed by atoms with E-state index >= 15 is 0 Å². The maximum Gasteiger partial charge on any atom is 0.296 e. The van der Waals surface area contributed by atoms with Gasteiger partial charge in [0.15, 0.2) is 0 Å². The fourth-order valence-corrected chi connectivity index (χ4v) is 2.95. The summed E-state index contributed by atoms with van der Waals surface area (Å²) in [7, 11) is -9.48. The average Bonchev–Trinajstić information content (AvgIpc) is 2.44. The first-order valence-corrected chi connectivity index (χ1v) is 9.02. The molecule has 0 aromatic heterocycles. The Morgan fingerprint density at radius 2 is 1.38 bits per heavy atom. The Balaban J connectivity index is 2.56. The van der Waals surface area contributed by atoms with Crippen LogP contribution in [0.1, 0.15) is 0 Å². The highest BCUT2D eigenvalue weighted by Gasteiger charge is 2.20. The number of azo groups is 1. The van der Waals surface area contributed by atoms with Crippen LogP contribution in [0.3, 0.4) is 0 Å². The Labute approximate surface area is 137 Å². The Kier molecular flexibility index (Phi) is 4.57. The molecule has 128 valence electrons.